The monoisotopic (exact) mass is 183 g/mol. The van der Waals surface area contributed by atoms with E-state index in [1.54, 1.807) is 0 Å². The van der Waals surface area contributed by atoms with Gasteiger partial charge < -0.3 is 0 Å². The van der Waals surface area contributed by atoms with Crippen LogP contribution in [0.5, 0.6) is 0 Å². The summed E-state index contributed by atoms with van der Waals surface area (Å²) >= 11 is 0. The van der Waals surface area contributed by atoms with Gasteiger partial charge in [0, 0.05) is 0 Å². The predicted octanol–water partition coefficient (Wildman–Crippen LogP) is 3.97. The van der Waals surface area contributed by atoms with Gasteiger partial charge in [0.25, 0.3) is 0 Å². The van der Waals surface area contributed by atoms with Crippen LogP contribution in [0.1, 0.15) is 24.5 Å². The molecule has 0 aliphatic heterocycles. The van der Waals surface area contributed by atoms with Crippen molar-refractivity contribution in [2.75, 3.05) is 0 Å². The molecule has 0 aromatic heterocycles. The Morgan fingerprint density at radius 2 is 1.79 bits per heavy atom. The topological polar surface area (TPSA) is 0 Å². The van der Waals surface area contributed by atoms with Crippen molar-refractivity contribution >= 4 is 10.8 Å². The Morgan fingerprint density at radius 1 is 1.07 bits per heavy atom. The van der Waals surface area contributed by atoms with E-state index in [2.05, 4.69) is 50.2 Å². The van der Waals surface area contributed by atoms with E-state index in [4.69, 9.17) is 0 Å². The first-order valence-corrected chi connectivity index (χ1v) is 5.15. The molecule has 71 valence electrons. The van der Waals surface area contributed by atoms with Gasteiger partial charge in [0.05, 0.1) is 0 Å². The minimum Gasteiger partial charge on any atom is -0.0651 e. The largest absolute Gasteiger partial charge is 0.0651 e. The Bertz CT molecular complexity index is 435. The smallest absolute Gasteiger partial charge is 0.0120 e. The molecule has 0 heterocycles. The second kappa shape index (κ2) is 3.83. The standard InChI is InChI=1S/C14H15/c1-3-6-12-9-5-10-13-8-4-7-11(2)14(12)13/h4-5,7-10H,2-3,6H2,1H3. The first kappa shape index (κ1) is 9.26. The molecular weight excluding hydrogens is 168 g/mol. The molecule has 0 heteroatoms. The summed E-state index contributed by atoms with van der Waals surface area (Å²) in [5.74, 6) is 0. The van der Waals surface area contributed by atoms with Crippen molar-refractivity contribution in [2.24, 2.45) is 0 Å². The maximum Gasteiger partial charge on any atom is -0.0120 e. The zero-order valence-corrected chi connectivity index (χ0v) is 8.59. The van der Waals surface area contributed by atoms with Crippen LogP contribution >= 0.6 is 0 Å². The van der Waals surface area contributed by atoms with Crippen molar-refractivity contribution in [3.05, 3.63) is 54.4 Å². The average Bonchev–Trinajstić information content (AvgIpc) is 2.19. The predicted molar refractivity (Wildman–Crippen MR) is 62.4 cm³/mol. The highest BCUT2D eigenvalue weighted by Crippen LogP contribution is 2.23. The Kier molecular flexibility index (Phi) is 2.53. The molecule has 0 bridgehead atoms. The van der Waals surface area contributed by atoms with E-state index in [0.717, 1.165) is 12.0 Å². The number of benzene rings is 2. The molecule has 0 N–H and O–H groups in total. The molecule has 14 heavy (non-hydrogen) atoms. The number of aryl methyl sites for hydroxylation is 1. The maximum absolute atomic E-state index is 4.09. The lowest BCUT2D eigenvalue weighted by Gasteiger charge is -2.07. The fourth-order valence-corrected chi connectivity index (χ4v) is 1.98. The molecule has 0 saturated carbocycles. The van der Waals surface area contributed by atoms with Crippen LogP contribution in [0.2, 0.25) is 0 Å². The molecule has 0 aliphatic rings. The second-order valence-corrected chi connectivity index (χ2v) is 3.68. The van der Waals surface area contributed by atoms with Gasteiger partial charge in [-0.3, -0.25) is 0 Å². The molecule has 0 saturated heterocycles. The number of hydrogen-bond acceptors (Lipinski definition) is 0. The van der Waals surface area contributed by atoms with Gasteiger partial charge in [-0.15, -0.1) is 0 Å². The summed E-state index contributed by atoms with van der Waals surface area (Å²) in [7, 11) is 0. The Balaban J connectivity index is 2.71. The summed E-state index contributed by atoms with van der Waals surface area (Å²) in [4.78, 5) is 0. The van der Waals surface area contributed by atoms with Gasteiger partial charge >= 0.3 is 0 Å². The van der Waals surface area contributed by atoms with Crippen LogP contribution < -0.4 is 0 Å². The van der Waals surface area contributed by atoms with Crippen LogP contribution in [0, 0.1) is 6.92 Å². The quantitative estimate of drug-likeness (QED) is 0.660. The molecule has 2 aromatic rings. The zero-order valence-electron chi connectivity index (χ0n) is 8.59. The van der Waals surface area contributed by atoms with Crippen molar-refractivity contribution in [1.29, 1.82) is 0 Å². The van der Waals surface area contributed by atoms with E-state index in [-0.39, 0.29) is 0 Å². The summed E-state index contributed by atoms with van der Waals surface area (Å²) < 4.78 is 0. The fraction of sp³-hybridized carbons (Fsp3) is 0.214. The SMILES string of the molecule is [CH2]c1cccc2cccc(CCC)c12. The molecule has 0 nitrogen and oxygen atoms in total. The highest BCUT2D eigenvalue weighted by molar-refractivity contribution is 5.89. The fourth-order valence-electron chi connectivity index (χ4n) is 1.98. The number of fused-ring (bicyclic) bond motifs is 1. The maximum atomic E-state index is 4.09. The van der Waals surface area contributed by atoms with E-state index in [9.17, 15) is 0 Å². The van der Waals surface area contributed by atoms with Gasteiger partial charge in [0.2, 0.25) is 0 Å². The minimum atomic E-state index is 1.14. The van der Waals surface area contributed by atoms with Gasteiger partial charge in [-0.05, 0) is 35.2 Å². The Labute approximate surface area is 85.6 Å². The van der Waals surface area contributed by atoms with Crippen molar-refractivity contribution in [2.45, 2.75) is 19.8 Å². The summed E-state index contributed by atoms with van der Waals surface area (Å²) in [5, 5.41) is 2.65. The molecule has 0 atom stereocenters. The first-order chi connectivity index (χ1) is 6.83. The number of rotatable bonds is 2. The van der Waals surface area contributed by atoms with E-state index >= 15 is 0 Å². The second-order valence-electron chi connectivity index (χ2n) is 3.68. The van der Waals surface area contributed by atoms with Gasteiger partial charge in [-0.2, -0.15) is 0 Å². The minimum absolute atomic E-state index is 1.14. The van der Waals surface area contributed by atoms with Crippen LogP contribution in [0.25, 0.3) is 10.8 Å². The van der Waals surface area contributed by atoms with E-state index < -0.39 is 0 Å². The van der Waals surface area contributed by atoms with Gasteiger partial charge in [0.15, 0.2) is 0 Å². The summed E-state index contributed by atoms with van der Waals surface area (Å²) in [6, 6.07) is 12.8. The third kappa shape index (κ3) is 1.52. The average molecular weight is 183 g/mol. The van der Waals surface area contributed by atoms with E-state index in [1.165, 1.54) is 22.8 Å². The van der Waals surface area contributed by atoms with Crippen LogP contribution in [-0.2, 0) is 6.42 Å². The lowest BCUT2D eigenvalue weighted by atomic mass is 9.97. The normalized spacial score (nSPS) is 10.7. The molecule has 0 amide bonds. The molecular formula is C14H15. The zero-order chi connectivity index (χ0) is 9.97. The first-order valence-electron chi connectivity index (χ1n) is 5.15. The van der Waals surface area contributed by atoms with E-state index in [0.29, 0.717) is 0 Å². The molecule has 0 fully saturated rings. The van der Waals surface area contributed by atoms with Crippen LogP contribution in [-0.4, -0.2) is 0 Å². The van der Waals surface area contributed by atoms with Gasteiger partial charge in [-0.25, -0.2) is 0 Å². The highest BCUT2D eigenvalue weighted by atomic mass is 14.1. The van der Waals surface area contributed by atoms with Crippen molar-refractivity contribution in [3.8, 4) is 0 Å². The molecule has 1 radical (unpaired) electrons. The third-order valence-electron chi connectivity index (χ3n) is 2.60. The third-order valence-corrected chi connectivity index (χ3v) is 2.60. The lowest BCUT2D eigenvalue weighted by Crippen LogP contribution is -1.88. The highest BCUT2D eigenvalue weighted by Gasteiger charge is 2.01. The van der Waals surface area contributed by atoms with Crippen molar-refractivity contribution in [1.82, 2.24) is 0 Å². The molecule has 0 spiro atoms. The number of hydrogen-bond donors (Lipinski definition) is 0. The van der Waals surface area contributed by atoms with Crippen LogP contribution in [0.3, 0.4) is 0 Å². The summed E-state index contributed by atoms with van der Waals surface area (Å²) in [5.41, 5.74) is 2.57. The summed E-state index contributed by atoms with van der Waals surface area (Å²) in [6.07, 6.45) is 2.33. The van der Waals surface area contributed by atoms with Crippen LogP contribution in [0.15, 0.2) is 36.4 Å². The van der Waals surface area contributed by atoms with Crippen molar-refractivity contribution in [3.63, 3.8) is 0 Å². The lowest BCUT2D eigenvalue weighted by molar-refractivity contribution is 0.929. The van der Waals surface area contributed by atoms with Gasteiger partial charge in [0.1, 0.15) is 0 Å². The van der Waals surface area contributed by atoms with Crippen molar-refractivity contribution < 1.29 is 0 Å². The summed E-state index contributed by atoms with van der Waals surface area (Å²) in [6.45, 7) is 6.30. The van der Waals surface area contributed by atoms with Gasteiger partial charge in [-0.1, -0.05) is 49.7 Å². The Morgan fingerprint density at radius 3 is 2.50 bits per heavy atom. The molecule has 2 aromatic carbocycles. The van der Waals surface area contributed by atoms with E-state index in [1.807, 2.05) is 0 Å². The molecule has 2 rings (SSSR count). The Hall–Kier alpha value is -1.30. The molecule has 0 unspecified atom stereocenters. The van der Waals surface area contributed by atoms with Crippen LogP contribution in [0.4, 0.5) is 0 Å². The molecule has 0 aliphatic carbocycles.